The predicted octanol–water partition coefficient (Wildman–Crippen LogP) is 1.90. The van der Waals surface area contributed by atoms with Crippen LogP contribution in [0, 0.1) is 0 Å². The zero-order chi connectivity index (χ0) is 9.97. The molecule has 0 saturated carbocycles. The summed E-state index contributed by atoms with van der Waals surface area (Å²) in [5.41, 5.74) is 0.997. The van der Waals surface area contributed by atoms with E-state index in [2.05, 4.69) is 4.98 Å². The molecule has 0 spiro atoms. The molecule has 0 aliphatic carbocycles. The quantitative estimate of drug-likeness (QED) is 0.778. The van der Waals surface area contributed by atoms with Gasteiger partial charge < -0.3 is 14.5 Å². The smallest absolute Gasteiger partial charge is 0.371 e. The molecule has 4 nitrogen and oxygen atoms in total. The fourth-order valence-electron chi connectivity index (χ4n) is 1.25. The topological polar surface area (TPSA) is 66.2 Å². The Bertz CT molecular complexity index is 428. The molecule has 2 aromatic rings. The summed E-state index contributed by atoms with van der Waals surface area (Å²) in [7, 11) is 0. The highest BCUT2D eigenvalue weighted by Crippen LogP contribution is 2.11. The van der Waals surface area contributed by atoms with Crippen LogP contribution in [-0.4, -0.2) is 16.1 Å². The predicted molar refractivity (Wildman–Crippen MR) is 49.3 cm³/mol. The Morgan fingerprint density at radius 3 is 2.86 bits per heavy atom. The summed E-state index contributed by atoms with van der Waals surface area (Å²) in [6, 6.07) is 6.93. The number of H-pyrrole nitrogens is 1. The lowest BCUT2D eigenvalue weighted by Crippen LogP contribution is -1.92. The lowest BCUT2D eigenvalue weighted by atomic mass is 10.2. The lowest BCUT2D eigenvalue weighted by Gasteiger charge is -1.92. The van der Waals surface area contributed by atoms with Gasteiger partial charge in [-0.3, -0.25) is 0 Å². The van der Waals surface area contributed by atoms with Gasteiger partial charge in [-0.25, -0.2) is 4.79 Å². The maximum Gasteiger partial charge on any atom is 0.371 e. The van der Waals surface area contributed by atoms with E-state index in [0.29, 0.717) is 12.2 Å². The van der Waals surface area contributed by atoms with E-state index in [1.54, 1.807) is 6.07 Å². The van der Waals surface area contributed by atoms with Crippen LogP contribution in [0.2, 0.25) is 0 Å². The number of aromatic carboxylic acids is 1. The molecule has 0 aromatic carbocycles. The second-order valence-corrected chi connectivity index (χ2v) is 2.94. The number of aromatic nitrogens is 1. The van der Waals surface area contributed by atoms with Crippen molar-refractivity contribution >= 4 is 5.97 Å². The van der Waals surface area contributed by atoms with E-state index >= 15 is 0 Å². The molecule has 2 N–H and O–H groups in total. The average molecular weight is 191 g/mol. The van der Waals surface area contributed by atoms with Gasteiger partial charge in [0.1, 0.15) is 5.76 Å². The summed E-state index contributed by atoms with van der Waals surface area (Å²) in [6.45, 7) is 0. The molecule has 0 amide bonds. The summed E-state index contributed by atoms with van der Waals surface area (Å²) in [6.07, 6.45) is 2.40. The number of hydrogen-bond donors (Lipinski definition) is 2. The Balaban J connectivity index is 2.14. The fraction of sp³-hybridized carbons (Fsp3) is 0.100. The van der Waals surface area contributed by atoms with Crippen molar-refractivity contribution in [3.63, 3.8) is 0 Å². The zero-order valence-corrected chi connectivity index (χ0v) is 7.36. The number of carboxylic acids is 1. The molecule has 2 aromatic heterocycles. The van der Waals surface area contributed by atoms with E-state index < -0.39 is 5.97 Å². The van der Waals surface area contributed by atoms with Crippen molar-refractivity contribution in [3.8, 4) is 0 Å². The summed E-state index contributed by atoms with van der Waals surface area (Å²) >= 11 is 0. The zero-order valence-electron chi connectivity index (χ0n) is 7.36. The van der Waals surface area contributed by atoms with E-state index in [1.165, 1.54) is 6.07 Å². The van der Waals surface area contributed by atoms with Crippen LogP contribution in [0.4, 0.5) is 0 Å². The van der Waals surface area contributed by atoms with Gasteiger partial charge in [-0.1, -0.05) is 0 Å². The monoisotopic (exact) mass is 191 g/mol. The van der Waals surface area contributed by atoms with Crippen LogP contribution in [0.15, 0.2) is 34.9 Å². The molecule has 0 saturated heterocycles. The number of furan rings is 1. The number of hydrogen-bond acceptors (Lipinski definition) is 2. The summed E-state index contributed by atoms with van der Waals surface area (Å²) in [5, 5.41) is 8.62. The summed E-state index contributed by atoms with van der Waals surface area (Å²) < 4.78 is 5.10. The van der Waals surface area contributed by atoms with Crippen molar-refractivity contribution in [1.29, 1.82) is 0 Å². The van der Waals surface area contributed by atoms with E-state index in [9.17, 15) is 4.79 Å². The van der Waals surface area contributed by atoms with Crippen LogP contribution in [0.1, 0.15) is 22.0 Å². The van der Waals surface area contributed by atoms with Crippen LogP contribution in [0.3, 0.4) is 0 Å². The molecule has 0 unspecified atom stereocenters. The molecule has 4 heteroatoms. The van der Waals surface area contributed by atoms with Crippen LogP contribution >= 0.6 is 0 Å². The third-order valence-corrected chi connectivity index (χ3v) is 1.90. The Kier molecular flexibility index (Phi) is 2.10. The normalized spacial score (nSPS) is 10.3. The maximum atomic E-state index is 10.5. The standard InChI is InChI=1S/C10H9NO3/c12-10(13)9-4-3-8(14-9)6-7-2-1-5-11-7/h1-5,11H,6H2,(H,12,13). The lowest BCUT2D eigenvalue weighted by molar-refractivity contribution is 0.0660. The van der Waals surface area contributed by atoms with E-state index in [1.807, 2.05) is 18.3 Å². The molecule has 2 rings (SSSR count). The molecule has 72 valence electrons. The van der Waals surface area contributed by atoms with Gasteiger partial charge in [-0.05, 0) is 24.3 Å². The molecular weight excluding hydrogens is 182 g/mol. The van der Waals surface area contributed by atoms with Crippen LogP contribution in [0.5, 0.6) is 0 Å². The third kappa shape index (κ3) is 1.69. The van der Waals surface area contributed by atoms with Crippen LogP contribution in [-0.2, 0) is 6.42 Å². The van der Waals surface area contributed by atoms with Crippen molar-refractivity contribution in [2.75, 3.05) is 0 Å². The Hall–Kier alpha value is -1.97. The average Bonchev–Trinajstić information content (AvgIpc) is 2.75. The first-order valence-corrected chi connectivity index (χ1v) is 4.20. The molecular formula is C10H9NO3. The van der Waals surface area contributed by atoms with Gasteiger partial charge in [0.2, 0.25) is 5.76 Å². The Morgan fingerprint density at radius 1 is 1.43 bits per heavy atom. The van der Waals surface area contributed by atoms with Crippen molar-refractivity contribution < 1.29 is 14.3 Å². The Morgan fingerprint density at radius 2 is 2.29 bits per heavy atom. The minimum Gasteiger partial charge on any atom is -0.475 e. The number of carbonyl (C=O) groups is 1. The SMILES string of the molecule is O=C(O)c1ccc(Cc2ccc[nH]2)o1. The van der Waals surface area contributed by atoms with E-state index in [4.69, 9.17) is 9.52 Å². The van der Waals surface area contributed by atoms with Gasteiger partial charge in [0.25, 0.3) is 0 Å². The molecule has 0 atom stereocenters. The second kappa shape index (κ2) is 3.41. The minimum atomic E-state index is -1.04. The van der Waals surface area contributed by atoms with Crippen molar-refractivity contribution in [2.45, 2.75) is 6.42 Å². The first kappa shape index (κ1) is 8.62. The van der Waals surface area contributed by atoms with Gasteiger partial charge in [0.15, 0.2) is 0 Å². The molecule has 0 fully saturated rings. The van der Waals surface area contributed by atoms with Gasteiger partial charge >= 0.3 is 5.97 Å². The van der Waals surface area contributed by atoms with Gasteiger partial charge in [-0.2, -0.15) is 0 Å². The molecule has 0 bridgehead atoms. The molecule has 0 radical (unpaired) electrons. The minimum absolute atomic E-state index is 0.0217. The van der Waals surface area contributed by atoms with E-state index in [0.717, 1.165) is 5.69 Å². The number of rotatable bonds is 3. The number of aromatic amines is 1. The second-order valence-electron chi connectivity index (χ2n) is 2.94. The number of carboxylic acid groups (broad SMARTS) is 1. The maximum absolute atomic E-state index is 10.5. The highest BCUT2D eigenvalue weighted by atomic mass is 16.4. The van der Waals surface area contributed by atoms with Crippen molar-refractivity contribution in [1.82, 2.24) is 4.98 Å². The summed E-state index contributed by atoms with van der Waals surface area (Å²) in [5.74, 6) is -0.417. The van der Waals surface area contributed by atoms with E-state index in [-0.39, 0.29) is 5.76 Å². The Labute approximate surface area is 80.2 Å². The molecule has 0 aliphatic rings. The first-order valence-electron chi connectivity index (χ1n) is 4.20. The van der Waals surface area contributed by atoms with Crippen LogP contribution in [0.25, 0.3) is 0 Å². The fourth-order valence-corrected chi connectivity index (χ4v) is 1.25. The van der Waals surface area contributed by atoms with Crippen molar-refractivity contribution in [2.24, 2.45) is 0 Å². The highest BCUT2D eigenvalue weighted by Gasteiger charge is 2.08. The summed E-state index contributed by atoms with van der Waals surface area (Å²) in [4.78, 5) is 13.5. The van der Waals surface area contributed by atoms with Gasteiger partial charge in [0.05, 0.1) is 0 Å². The van der Waals surface area contributed by atoms with Crippen LogP contribution < -0.4 is 0 Å². The van der Waals surface area contributed by atoms with Gasteiger partial charge in [-0.15, -0.1) is 0 Å². The van der Waals surface area contributed by atoms with Gasteiger partial charge in [0, 0.05) is 18.3 Å². The third-order valence-electron chi connectivity index (χ3n) is 1.90. The molecule has 0 aliphatic heterocycles. The van der Waals surface area contributed by atoms with Crippen molar-refractivity contribution in [3.05, 3.63) is 47.7 Å². The number of nitrogens with one attached hydrogen (secondary N) is 1. The highest BCUT2D eigenvalue weighted by molar-refractivity contribution is 5.84. The largest absolute Gasteiger partial charge is 0.475 e. The first-order chi connectivity index (χ1) is 6.75. The molecule has 2 heterocycles. The molecule has 14 heavy (non-hydrogen) atoms.